The molecule has 1 heterocycles. The van der Waals surface area contributed by atoms with Crippen LogP contribution < -0.4 is 4.43 Å². The van der Waals surface area contributed by atoms with Gasteiger partial charge in [0.1, 0.15) is 0 Å². The number of rotatable bonds is 5. The van der Waals surface area contributed by atoms with E-state index in [2.05, 4.69) is 30.4 Å². The molecule has 1 nitrogen and oxygen atoms in total. The Morgan fingerprint density at radius 1 is 1.08 bits per heavy atom. The third-order valence-corrected chi connectivity index (χ3v) is 3.34. The lowest BCUT2D eigenvalue weighted by Gasteiger charge is -2.03. The van der Waals surface area contributed by atoms with Crippen LogP contribution in [0, 0.1) is 0 Å². The SMILES string of the molecule is CCCCCO[si]1ccccc1. The van der Waals surface area contributed by atoms with E-state index in [1.165, 1.54) is 19.3 Å². The first-order valence-corrected chi connectivity index (χ1v) is 6.17. The molecule has 0 aliphatic rings. The third kappa shape index (κ3) is 3.67. The quantitative estimate of drug-likeness (QED) is 0.499. The summed E-state index contributed by atoms with van der Waals surface area (Å²) in [5.74, 6) is 0. The van der Waals surface area contributed by atoms with Crippen molar-refractivity contribution in [1.29, 1.82) is 0 Å². The summed E-state index contributed by atoms with van der Waals surface area (Å²) in [6, 6.07) is 6.20. The molecule has 1 aromatic rings. The summed E-state index contributed by atoms with van der Waals surface area (Å²) >= 11 is 0. The second kappa shape index (κ2) is 5.95. The van der Waals surface area contributed by atoms with E-state index in [0.29, 0.717) is 0 Å². The van der Waals surface area contributed by atoms with Crippen molar-refractivity contribution in [3.63, 3.8) is 0 Å². The molecular weight excluding hydrogens is 164 g/mol. The first-order valence-electron chi connectivity index (χ1n) is 4.61. The molecule has 0 spiro atoms. The van der Waals surface area contributed by atoms with E-state index in [0.717, 1.165) is 6.61 Å². The monoisotopic (exact) mass is 180 g/mol. The Morgan fingerprint density at radius 3 is 2.50 bits per heavy atom. The second-order valence-corrected chi connectivity index (χ2v) is 4.63. The highest BCUT2D eigenvalue weighted by atomic mass is 28.3. The molecule has 1 rings (SSSR count). The molecular formula is C10H16OSi. The van der Waals surface area contributed by atoms with E-state index in [1.54, 1.807) is 0 Å². The maximum absolute atomic E-state index is 5.69. The Morgan fingerprint density at radius 2 is 1.83 bits per heavy atom. The predicted molar refractivity (Wildman–Crippen MR) is 53.4 cm³/mol. The van der Waals surface area contributed by atoms with Crippen LogP contribution in [0.2, 0.25) is 0 Å². The minimum Gasteiger partial charge on any atom is -0.547 e. The molecule has 0 N–H and O–H groups in total. The van der Waals surface area contributed by atoms with Crippen LogP contribution >= 0.6 is 0 Å². The molecule has 12 heavy (non-hydrogen) atoms. The highest BCUT2D eigenvalue weighted by Crippen LogP contribution is 1.92. The zero-order valence-corrected chi connectivity index (χ0v) is 8.62. The van der Waals surface area contributed by atoms with Gasteiger partial charge in [-0.2, -0.15) is 0 Å². The largest absolute Gasteiger partial charge is 0.547 e. The van der Waals surface area contributed by atoms with Gasteiger partial charge >= 0.3 is 0 Å². The van der Waals surface area contributed by atoms with Crippen LogP contribution in [0.25, 0.3) is 0 Å². The Labute approximate surface area is 76.0 Å². The standard InChI is InChI=1S/C10H16OSi/c1-2-3-5-8-11-12-9-6-4-7-10-12/h4,6-7,9-10H,2-3,5,8H2,1H3. The third-order valence-electron chi connectivity index (χ3n) is 1.76. The molecule has 0 amide bonds. The number of hydrogen-bond acceptors (Lipinski definition) is 1. The van der Waals surface area contributed by atoms with Crippen LogP contribution in [0.1, 0.15) is 26.2 Å². The molecule has 0 aromatic carbocycles. The van der Waals surface area contributed by atoms with Crippen LogP contribution in [0.5, 0.6) is 0 Å². The van der Waals surface area contributed by atoms with E-state index in [4.69, 9.17) is 4.43 Å². The van der Waals surface area contributed by atoms with Gasteiger partial charge in [-0.15, -0.1) is 0 Å². The molecule has 0 atom stereocenters. The van der Waals surface area contributed by atoms with E-state index >= 15 is 0 Å². The van der Waals surface area contributed by atoms with Crippen molar-refractivity contribution < 1.29 is 4.43 Å². The van der Waals surface area contributed by atoms with Crippen molar-refractivity contribution in [3.05, 3.63) is 29.6 Å². The molecule has 66 valence electrons. The molecule has 0 aliphatic heterocycles. The molecule has 0 radical (unpaired) electrons. The van der Waals surface area contributed by atoms with Crippen molar-refractivity contribution in [2.45, 2.75) is 26.2 Å². The van der Waals surface area contributed by atoms with Crippen LogP contribution in [-0.4, -0.2) is 15.2 Å². The molecule has 2 heteroatoms. The average molecular weight is 180 g/mol. The average Bonchev–Trinajstić information content (AvgIpc) is 2.14. The van der Waals surface area contributed by atoms with Crippen LogP contribution in [-0.2, 0) is 0 Å². The van der Waals surface area contributed by atoms with Crippen LogP contribution in [0.4, 0.5) is 0 Å². The Balaban J connectivity index is 2.16. The first-order chi connectivity index (χ1) is 5.93. The Kier molecular flexibility index (Phi) is 4.69. The van der Waals surface area contributed by atoms with Crippen LogP contribution in [0.3, 0.4) is 0 Å². The summed E-state index contributed by atoms with van der Waals surface area (Å²) in [5, 5.41) is 0. The smallest absolute Gasteiger partial charge is 0.261 e. The van der Waals surface area contributed by atoms with Crippen molar-refractivity contribution in [1.82, 2.24) is 0 Å². The van der Waals surface area contributed by atoms with Crippen molar-refractivity contribution in [2.24, 2.45) is 0 Å². The lowest BCUT2D eigenvalue weighted by atomic mass is 10.3. The van der Waals surface area contributed by atoms with Gasteiger partial charge in [0, 0.05) is 0 Å². The Hall–Kier alpha value is -0.633. The van der Waals surface area contributed by atoms with Gasteiger partial charge in [0.05, 0.1) is 6.61 Å². The summed E-state index contributed by atoms with van der Waals surface area (Å²) in [5.41, 5.74) is 4.35. The summed E-state index contributed by atoms with van der Waals surface area (Å²) in [6.45, 7) is 3.14. The van der Waals surface area contributed by atoms with E-state index in [1.807, 2.05) is 6.07 Å². The maximum Gasteiger partial charge on any atom is 0.261 e. The highest BCUT2D eigenvalue weighted by Gasteiger charge is 1.91. The van der Waals surface area contributed by atoms with Crippen molar-refractivity contribution in [2.75, 3.05) is 6.61 Å². The van der Waals surface area contributed by atoms with Gasteiger partial charge in [0.2, 0.25) is 0 Å². The Bertz CT molecular complexity index is 198. The number of unbranched alkanes of at least 4 members (excludes halogenated alkanes) is 2. The van der Waals surface area contributed by atoms with Gasteiger partial charge in [-0.1, -0.05) is 38.0 Å². The predicted octanol–water partition coefficient (Wildman–Crippen LogP) is 2.33. The van der Waals surface area contributed by atoms with Crippen molar-refractivity contribution >= 4 is 8.64 Å². The summed E-state index contributed by atoms with van der Waals surface area (Å²) < 4.78 is 5.69. The molecule has 0 saturated carbocycles. The zero-order valence-electron chi connectivity index (χ0n) is 7.62. The second-order valence-electron chi connectivity index (χ2n) is 2.87. The summed E-state index contributed by atoms with van der Waals surface area (Å²) in [7, 11) is -0.721. The summed E-state index contributed by atoms with van der Waals surface area (Å²) in [4.78, 5) is 0. The fourth-order valence-corrected chi connectivity index (χ4v) is 2.34. The highest BCUT2D eigenvalue weighted by molar-refractivity contribution is 6.43. The number of hydrogen-bond donors (Lipinski definition) is 0. The molecule has 0 bridgehead atoms. The molecule has 0 saturated heterocycles. The van der Waals surface area contributed by atoms with Gasteiger partial charge in [-0.05, 0) is 17.8 Å². The van der Waals surface area contributed by atoms with Gasteiger partial charge in [-0.25, -0.2) is 0 Å². The van der Waals surface area contributed by atoms with E-state index in [-0.39, 0.29) is 0 Å². The molecule has 0 aliphatic carbocycles. The minimum absolute atomic E-state index is 0.721. The lowest BCUT2D eigenvalue weighted by Crippen LogP contribution is -2.13. The van der Waals surface area contributed by atoms with E-state index < -0.39 is 8.64 Å². The topological polar surface area (TPSA) is 9.23 Å². The van der Waals surface area contributed by atoms with Crippen LogP contribution in [0.15, 0.2) is 29.6 Å². The first kappa shape index (κ1) is 9.45. The van der Waals surface area contributed by atoms with Gasteiger partial charge in [0.25, 0.3) is 8.64 Å². The van der Waals surface area contributed by atoms with Crippen molar-refractivity contribution in [3.8, 4) is 0 Å². The van der Waals surface area contributed by atoms with Gasteiger partial charge < -0.3 is 4.43 Å². The van der Waals surface area contributed by atoms with Gasteiger partial charge in [-0.3, -0.25) is 0 Å². The summed E-state index contributed by atoms with van der Waals surface area (Å²) in [6.07, 6.45) is 3.76. The fourth-order valence-electron chi connectivity index (χ4n) is 1.06. The maximum atomic E-state index is 5.69. The fraction of sp³-hybridized carbons (Fsp3) is 0.500. The minimum atomic E-state index is -0.721. The van der Waals surface area contributed by atoms with E-state index in [9.17, 15) is 0 Å². The molecule has 1 aromatic heterocycles. The molecule has 0 unspecified atom stereocenters. The van der Waals surface area contributed by atoms with Gasteiger partial charge in [0.15, 0.2) is 0 Å². The molecule has 0 fully saturated rings. The normalized spacial score (nSPS) is 9.75. The zero-order chi connectivity index (χ0) is 8.65. The lowest BCUT2D eigenvalue weighted by molar-refractivity contribution is 0.384.